The third-order valence-corrected chi connectivity index (χ3v) is 5.58. The molecule has 0 aliphatic heterocycles. The largest absolute Gasteiger partial charge is 0.464 e. The molecule has 2 heterocycles. The van der Waals surface area contributed by atoms with E-state index in [9.17, 15) is 13.2 Å². The number of nitrogens with zero attached hydrogens (tertiary/aromatic N) is 2. The molecule has 0 saturated carbocycles. The van der Waals surface area contributed by atoms with Crippen LogP contribution in [-0.4, -0.2) is 37.3 Å². The first kappa shape index (κ1) is 19.1. The number of esters is 1. The van der Waals surface area contributed by atoms with Crippen molar-refractivity contribution in [3.8, 4) is 5.82 Å². The van der Waals surface area contributed by atoms with Crippen LogP contribution in [0, 0.1) is 6.92 Å². The Bertz CT molecular complexity index is 1130. The van der Waals surface area contributed by atoms with Gasteiger partial charge in [0.25, 0.3) is 0 Å². The number of ether oxygens (including phenoxy) is 1. The number of aromatic nitrogens is 2. The Morgan fingerprint density at radius 2 is 1.93 bits per heavy atom. The Labute approximate surface area is 158 Å². The average molecular weight is 386 g/mol. The number of sulfone groups is 1. The number of methoxy groups -OCH3 is 1. The van der Waals surface area contributed by atoms with E-state index in [0.717, 1.165) is 35.0 Å². The predicted molar refractivity (Wildman–Crippen MR) is 104 cm³/mol. The van der Waals surface area contributed by atoms with Crippen molar-refractivity contribution in [2.45, 2.75) is 31.6 Å². The maximum Gasteiger partial charge on any atom is 0.357 e. The molecule has 1 aromatic carbocycles. The molecule has 6 nitrogen and oxygen atoms in total. The summed E-state index contributed by atoms with van der Waals surface area (Å²) in [4.78, 5) is 16.8. The molecule has 0 atom stereocenters. The molecule has 27 heavy (non-hydrogen) atoms. The van der Waals surface area contributed by atoms with Gasteiger partial charge < -0.3 is 4.74 Å². The topological polar surface area (TPSA) is 78.3 Å². The van der Waals surface area contributed by atoms with Gasteiger partial charge in [0, 0.05) is 17.3 Å². The quantitative estimate of drug-likeness (QED) is 0.628. The Kier molecular flexibility index (Phi) is 5.06. The van der Waals surface area contributed by atoms with Crippen LogP contribution in [0.4, 0.5) is 0 Å². The van der Waals surface area contributed by atoms with Crippen molar-refractivity contribution < 1.29 is 17.9 Å². The van der Waals surface area contributed by atoms with Gasteiger partial charge in [-0.3, -0.25) is 4.57 Å². The summed E-state index contributed by atoms with van der Waals surface area (Å²) < 4.78 is 30.6. The number of carbonyl (C=O) groups is 1. The lowest BCUT2D eigenvalue weighted by atomic mass is 10.2. The lowest BCUT2D eigenvalue weighted by molar-refractivity contribution is 0.0593. The Hall–Kier alpha value is -2.67. The summed E-state index contributed by atoms with van der Waals surface area (Å²) in [6, 6.07) is 10.7. The van der Waals surface area contributed by atoms with Gasteiger partial charge in [-0.25, -0.2) is 18.2 Å². The first-order valence-corrected chi connectivity index (χ1v) is 10.6. The van der Waals surface area contributed by atoms with Gasteiger partial charge in [0.05, 0.1) is 17.5 Å². The van der Waals surface area contributed by atoms with Crippen LogP contribution in [0.1, 0.15) is 35.1 Å². The zero-order valence-electron chi connectivity index (χ0n) is 15.8. The first-order chi connectivity index (χ1) is 12.8. The summed E-state index contributed by atoms with van der Waals surface area (Å²) >= 11 is 0. The molecule has 2 aromatic heterocycles. The fourth-order valence-corrected chi connectivity index (χ4v) is 3.79. The molecule has 3 rings (SSSR count). The Morgan fingerprint density at radius 3 is 2.56 bits per heavy atom. The highest BCUT2D eigenvalue weighted by atomic mass is 32.2. The van der Waals surface area contributed by atoms with Crippen LogP contribution < -0.4 is 0 Å². The SMILES string of the molecule is CCCc1cc2cc(S(C)(=O)=O)ccc2n1-c1ccc(C)c(C(=O)OC)n1. The number of rotatable bonds is 5. The summed E-state index contributed by atoms with van der Waals surface area (Å²) in [6.07, 6.45) is 2.92. The van der Waals surface area contributed by atoms with E-state index in [1.54, 1.807) is 18.2 Å². The van der Waals surface area contributed by atoms with Crippen molar-refractivity contribution in [1.29, 1.82) is 0 Å². The van der Waals surface area contributed by atoms with Crippen LogP contribution >= 0.6 is 0 Å². The van der Waals surface area contributed by atoms with Crippen LogP contribution in [0.15, 0.2) is 41.3 Å². The fraction of sp³-hybridized carbons (Fsp3) is 0.300. The molecule has 0 bridgehead atoms. The highest BCUT2D eigenvalue weighted by Gasteiger charge is 2.17. The normalized spacial score (nSPS) is 11.7. The van der Waals surface area contributed by atoms with Gasteiger partial charge in [-0.1, -0.05) is 19.4 Å². The average Bonchev–Trinajstić information content (AvgIpc) is 2.98. The molecule has 3 aromatic rings. The van der Waals surface area contributed by atoms with Crippen molar-refractivity contribution in [2.24, 2.45) is 0 Å². The lowest BCUT2D eigenvalue weighted by Crippen LogP contribution is -2.11. The number of pyridine rings is 1. The van der Waals surface area contributed by atoms with E-state index < -0.39 is 15.8 Å². The van der Waals surface area contributed by atoms with Crippen molar-refractivity contribution in [1.82, 2.24) is 9.55 Å². The smallest absolute Gasteiger partial charge is 0.357 e. The molecular formula is C20H22N2O4S. The summed E-state index contributed by atoms with van der Waals surface area (Å²) in [7, 11) is -1.96. The van der Waals surface area contributed by atoms with Crippen molar-refractivity contribution >= 4 is 26.7 Å². The van der Waals surface area contributed by atoms with Gasteiger partial charge in [0.1, 0.15) is 5.82 Å². The Morgan fingerprint density at radius 1 is 1.19 bits per heavy atom. The third-order valence-electron chi connectivity index (χ3n) is 4.47. The minimum atomic E-state index is -3.29. The second-order valence-electron chi connectivity index (χ2n) is 6.54. The van der Waals surface area contributed by atoms with Crippen LogP contribution in [0.3, 0.4) is 0 Å². The molecule has 0 aliphatic rings. The maximum atomic E-state index is 12.0. The second-order valence-corrected chi connectivity index (χ2v) is 8.56. The van der Waals surface area contributed by atoms with Gasteiger partial charge in [-0.05, 0) is 49.2 Å². The summed E-state index contributed by atoms with van der Waals surface area (Å²) in [5.41, 5.74) is 2.86. The van der Waals surface area contributed by atoms with Crippen LogP contribution in [0.25, 0.3) is 16.7 Å². The summed E-state index contributed by atoms with van der Waals surface area (Å²) in [5.74, 6) is 0.119. The van der Waals surface area contributed by atoms with Gasteiger partial charge in [-0.15, -0.1) is 0 Å². The van der Waals surface area contributed by atoms with E-state index >= 15 is 0 Å². The van der Waals surface area contributed by atoms with Crippen LogP contribution in [0.2, 0.25) is 0 Å². The van der Waals surface area contributed by atoms with Crippen LogP contribution in [-0.2, 0) is 21.0 Å². The van der Waals surface area contributed by atoms with E-state index in [2.05, 4.69) is 11.9 Å². The fourth-order valence-electron chi connectivity index (χ4n) is 3.14. The Balaban J connectivity index is 2.27. The van der Waals surface area contributed by atoms with E-state index in [0.29, 0.717) is 5.82 Å². The van der Waals surface area contributed by atoms with Gasteiger partial charge in [0.2, 0.25) is 0 Å². The lowest BCUT2D eigenvalue weighted by Gasteiger charge is -2.12. The van der Waals surface area contributed by atoms with Gasteiger partial charge >= 0.3 is 5.97 Å². The highest BCUT2D eigenvalue weighted by molar-refractivity contribution is 7.90. The molecular weight excluding hydrogens is 364 g/mol. The van der Waals surface area contributed by atoms with Crippen LogP contribution in [0.5, 0.6) is 0 Å². The minimum absolute atomic E-state index is 0.270. The van der Waals surface area contributed by atoms with Crippen molar-refractivity contribution in [3.05, 3.63) is 53.3 Å². The minimum Gasteiger partial charge on any atom is -0.464 e. The zero-order valence-corrected chi connectivity index (χ0v) is 16.6. The third kappa shape index (κ3) is 3.60. The van der Waals surface area contributed by atoms with Crippen molar-refractivity contribution in [3.63, 3.8) is 0 Å². The standard InChI is InChI=1S/C20H22N2O4S/c1-5-6-15-11-14-12-16(27(4,24)25)8-9-17(14)22(15)18-10-7-13(2)19(21-18)20(23)26-3/h7-12H,5-6H2,1-4H3. The molecule has 0 N–H and O–H groups in total. The number of benzene rings is 1. The number of hydrogen-bond acceptors (Lipinski definition) is 5. The molecule has 0 saturated heterocycles. The van der Waals surface area contributed by atoms with E-state index in [1.807, 2.05) is 29.7 Å². The molecule has 0 aliphatic carbocycles. The highest BCUT2D eigenvalue weighted by Crippen LogP contribution is 2.27. The second kappa shape index (κ2) is 7.15. The first-order valence-electron chi connectivity index (χ1n) is 8.67. The predicted octanol–water partition coefficient (Wildman–Crippen LogP) is 3.48. The molecule has 0 amide bonds. The molecule has 0 fully saturated rings. The maximum absolute atomic E-state index is 12.0. The monoisotopic (exact) mass is 386 g/mol. The molecule has 7 heteroatoms. The molecule has 0 spiro atoms. The number of aryl methyl sites for hydroxylation is 2. The number of fused-ring (bicyclic) bond motifs is 1. The van der Waals surface area contributed by atoms with Crippen molar-refractivity contribution in [2.75, 3.05) is 13.4 Å². The number of carbonyl (C=O) groups excluding carboxylic acids is 1. The van der Waals surface area contributed by atoms with Gasteiger partial charge in [-0.2, -0.15) is 0 Å². The summed E-state index contributed by atoms with van der Waals surface area (Å²) in [6.45, 7) is 3.88. The molecule has 0 unspecified atom stereocenters. The van der Waals surface area contributed by atoms with E-state index in [-0.39, 0.29) is 10.6 Å². The van der Waals surface area contributed by atoms with E-state index in [4.69, 9.17) is 4.74 Å². The van der Waals surface area contributed by atoms with E-state index in [1.165, 1.54) is 13.4 Å². The zero-order chi connectivity index (χ0) is 19.8. The molecule has 142 valence electrons. The molecule has 0 radical (unpaired) electrons. The van der Waals surface area contributed by atoms with Gasteiger partial charge in [0.15, 0.2) is 15.5 Å². The number of hydrogen-bond donors (Lipinski definition) is 0. The summed E-state index contributed by atoms with van der Waals surface area (Å²) in [5, 5.41) is 0.823.